The van der Waals surface area contributed by atoms with E-state index in [0.717, 1.165) is 30.7 Å². The number of nitrogens with two attached hydrogens (primary N) is 1. The third kappa shape index (κ3) is 2.90. The molecule has 1 amide bonds. The smallest absolute Gasteiger partial charge is 0.238 e. The van der Waals surface area contributed by atoms with E-state index in [9.17, 15) is 4.79 Å². The Balaban J connectivity index is 1.72. The molecule has 0 aromatic carbocycles. The van der Waals surface area contributed by atoms with Crippen molar-refractivity contribution in [1.29, 1.82) is 0 Å². The summed E-state index contributed by atoms with van der Waals surface area (Å²) in [6.07, 6.45) is 7.73. The van der Waals surface area contributed by atoms with Gasteiger partial charge in [0.15, 0.2) is 0 Å². The lowest BCUT2D eigenvalue weighted by molar-refractivity contribution is -0.124. The first-order chi connectivity index (χ1) is 9.21. The minimum absolute atomic E-state index is 0.219. The lowest BCUT2D eigenvalue weighted by Gasteiger charge is -2.31. The van der Waals surface area contributed by atoms with Crippen molar-refractivity contribution in [3.05, 3.63) is 18.6 Å². The van der Waals surface area contributed by atoms with Gasteiger partial charge >= 0.3 is 0 Å². The van der Waals surface area contributed by atoms with Gasteiger partial charge in [0, 0.05) is 18.0 Å². The molecular formula is C13H18N4OS. The van der Waals surface area contributed by atoms with E-state index >= 15 is 0 Å². The molecule has 0 radical (unpaired) electrons. The van der Waals surface area contributed by atoms with Crippen LogP contribution in [0.15, 0.2) is 23.6 Å². The lowest BCUT2D eigenvalue weighted by Crippen LogP contribution is -2.60. The first-order valence-corrected chi connectivity index (χ1v) is 7.66. The molecule has 5 nitrogen and oxygen atoms in total. The van der Waals surface area contributed by atoms with Crippen molar-refractivity contribution in [3.63, 3.8) is 0 Å². The number of carbonyl (C=O) groups is 1. The zero-order valence-electron chi connectivity index (χ0n) is 10.7. The highest BCUT2D eigenvalue weighted by Crippen LogP contribution is 2.43. The zero-order valence-corrected chi connectivity index (χ0v) is 11.5. The number of carbonyl (C=O) groups excluding carboxylic acids is 1. The van der Waals surface area contributed by atoms with Gasteiger partial charge < -0.3 is 5.73 Å². The molecule has 1 atom stereocenters. The Labute approximate surface area is 116 Å². The number of rotatable bonds is 7. The second-order valence-corrected chi connectivity index (χ2v) is 6.36. The van der Waals surface area contributed by atoms with E-state index in [-0.39, 0.29) is 5.91 Å². The predicted molar refractivity (Wildman–Crippen MR) is 73.6 cm³/mol. The van der Waals surface area contributed by atoms with Gasteiger partial charge in [-0.2, -0.15) is 0 Å². The van der Waals surface area contributed by atoms with Crippen molar-refractivity contribution in [1.82, 2.24) is 15.3 Å². The molecule has 102 valence electrons. The van der Waals surface area contributed by atoms with Gasteiger partial charge in [-0.15, -0.1) is 11.8 Å². The van der Waals surface area contributed by atoms with Gasteiger partial charge in [0.1, 0.15) is 11.9 Å². The summed E-state index contributed by atoms with van der Waals surface area (Å²) in [7, 11) is 0. The van der Waals surface area contributed by atoms with Crippen LogP contribution in [-0.2, 0) is 4.79 Å². The van der Waals surface area contributed by atoms with E-state index in [2.05, 4.69) is 15.3 Å². The molecule has 0 aliphatic heterocycles. The van der Waals surface area contributed by atoms with Crippen molar-refractivity contribution < 1.29 is 4.79 Å². The molecular weight excluding hydrogens is 260 g/mol. The second kappa shape index (κ2) is 5.09. The highest BCUT2D eigenvalue weighted by Gasteiger charge is 2.51. The summed E-state index contributed by atoms with van der Waals surface area (Å²) in [5.41, 5.74) is 5.15. The second-order valence-electron chi connectivity index (χ2n) is 5.36. The average molecular weight is 278 g/mol. The maximum atomic E-state index is 12.0. The summed E-state index contributed by atoms with van der Waals surface area (Å²) in [5, 5.41) is 4.39. The number of thioether (sulfide) groups is 1. The summed E-state index contributed by atoms with van der Waals surface area (Å²) < 4.78 is 0. The lowest BCUT2D eigenvalue weighted by atomic mass is 9.94. The van der Waals surface area contributed by atoms with Gasteiger partial charge in [0.2, 0.25) is 5.91 Å². The van der Waals surface area contributed by atoms with E-state index < -0.39 is 5.54 Å². The Morgan fingerprint density at radius 2 is 2.26 bits per heavy atom. The fraction of sp³-hybridized carbons (Fsp3) is 0.615. The van der Waals surface area contributed by atoms with Crippen molar-refractivity contribution in [2.45, 2.75) is 42.3 Å². The number of hydrogen-bond acceptors (Lipinski definition) is 5. The number of nitrogens with one attached hydrogen (secondary N) is 1. The van der Waals surface area contributed by atoms with Gasteiger partial charge in [-0.05, 0) is 37.7 Å². The molecule has 2 aliphatic rings. The summed E-state index contributed by atoms with van der Waals surface area (Å²) in [4.78, 5) is 20.1. The molecule has 19 heavy (non-hydrogen) atoms. The predicted octanol–water partition coefficient (Wildman–Crippen LogP) is 0.955. The van der Waals surface area contributed by atoms with E-state index in [1.165, 1.54) is 6.33 Å². The Morgan fingerprint density at radius 1 is 1.47 bits per heavy atom. The van der Waals surface area contributed by atoms with Crippen LogP contribution in [0.2, 0.25) is 0 Å². The first-order valence-electron chi connectivity index (χ1n) is 6.67. The zero-order chi connectivity index (χ0) is 13.3. The van der Waals surface area contributed by atoms with Crippen molar-refractivity contribution >= 4 is 17.7 Å². The molecule has 2 saturated carbocycles. The summed E-state index contributed by atoms with van der Waals surface area (Å²) in [6, 6.07) is 2.33. The number of amides is 1. The fourth-order valence-corrected chi connectivity index (χ4v) is 3.46. The molecule has 2 fully saturated rings. The van der Waals surface area contributed by atoms with Crippen LogP contribution in [-0.4, -0.2) is 33.2 Å². The third-order valence-corrected chi connectivity index (χ3v) is 4.89. The van der Waals surface area contributed by atoms with Crippen molar-refractivity contribution in [2.75, 3.05) is 5.75 Å². The molecule has 6 heteroatoms. The van der Waals surface area contributed by atoms with Gasteiger partial charge in [0.05, 0.1) is 5.03 Å². The maximum absolute atomic E-state index is 12.0. The van der Waals surface area contributed by atoms with E-state index in [1.807, 2.05) is 6.07 Å². The molecule has 0 saturated heterocycles. The maximum Gasteiger partial charge on any atom is 0.238 e. The van der Waals surface area contributed by atoms with E-state index in [1.54, 1.807) is 18.0 Å². The van der Waals surface area contributed by atoms with Crippen LogP contribution in [0.3, 0.4) is 0 Å². The fourth-order valence-electron chi connectivity index (χ4n) is 2.34. The van der Waals surface area contributed by atoms with Crippen LogP contribution in [0.1, 0.15) is 25.7 Å². The van der Waals surface area contributed by atoms with Crippen molar-refractivity contribution in [3.8, 4) is 0 Å². The molecule has 1 heterocycles. The molecule has 1 aromatic rings. The average Bonchev–Trinajstić information content (AvgIpc) is 3.28. The standard InChI is InChI=1S/C13H18N4OS/c14-12(18)13(9-1-2-9,17-10-3-4-10)7-19-11-5-6-15-8-16-11/h5-6,8-10,17H,1-4,7H2,(H2,14,18). The van der Waals surface area contributed by atoms with Crippen LogP contribution in [0.25, 0.3) is 0 Å². The SMILES string of the molecule is NC(=O)C(CSc1ccncn1)(NC1CC1)C1CC1. The molecule has 3 N–H and O–H groups in total. The molecule has 3 rings (SSSR count). The van der Waals surface area contributed by atoms with Gasteiger partial charge in [-0.25, -0.2) is 9.97 Å². The minimum atomic E-state index is -0.559. The summed E-state index contributed by atoms with van der Waals surface area (Å²) >= 11 is 1.58. The number of primary amides is 1. The number of hydrogen-bond donors (Lipinski definition) is 2. The van der Waals surface area contributed by atoms with Crippen LogP contribution in [0, 0.1) is 5.92 Å². The topological polar surface area (TPSA) is 80.9 Å². The van der Waals surface area contributed by atoms with Crippen LogP contribution < -0.4 is 11.1 Å². The monoisotopic (exact) mass is 278 g/mol. The third-order valence-electron chi connectivity index (χ3n) is 3.76. The first kappa shape index (κ1) is 12.9. The van der Waals surface area contributed by atoms with Gasteiger partial charge in [-0.1, -0.05) is 0 Å². The van der Waals surface area contributed by atoms with Crippen LogP contribution in [0.4, 0.5) is 0 Å². The van der Waals surface area contributed by atoms with Crippen LogP contribution >= 0.6 is 11.8 Å². The largest absolute Gasteiger partial charge is 0.368 e. The van der Waals surface area contributed by atoms with Crippen molar-refractivity contribution in [2.24, 2.45) is 11.7 Å². The molecule has 2 aliphatic carbocycles. The highest BCUT2D eigenvalue weighted by atomic mass is 32.2. The quantitative estimate of drug-likeness (QED) is 0.573. The Hall–Kier alpha value is -1.14. The molecule has 0 spiro atoms. The molecule has 1 unspecified atom stereocenters. The minimum Gasteiger partial charge on any atom is -0.368 e. The molecule has 0 bridgehead atoms. The normalized spacial score (nSPS) is 21.9. The van der Waals surface area contributed by atoms with E-state index in [0.29, 0.717) is 17.7 Å². The number of nitrogens with zero attached hydrogens (tertiary/aromatic N) is 2. The number of aromatic nitrogens is 2. The Bertz CT molecular complexity index is 461. The Kier molecular flexibility index (Phi) is 3.45. The van der Waals surface area contributed by atoms with Gasteiger partial charge in [0.25, 0.3) is 0 Å². The van der Waals surface area contributed by atoms with E-state index in [4.69, 9.17) is 5.73 Å². The van der Waals surface area contributed by atoms with Crippen LogP contribution in [0.5, 0.6) is 0 Å². The molecule has 1 aromatic heterocycles. The highest BCUT2D eigenvalue weighted by molar-refractivity contribution is 7.99. The summed E-state index contributed by atoms with van der Waals surface area (Å²) in [5.74, 6) is 0.823. The van der Waals surface area contributed by atoms with Gasteiger partial charge in [-0.3, -0.25) is 10.1 Å². The Morgan fingerprint density at radius 3 is 2.79 bits per heavy atom. The summed E-state index contributed by atoms with van der Waals surface area (Å²) in [6.45, 7) is 0.